The molecule has 7 heteroatoms. The Morgan fingerprint density at radius 3 is 2.47 bits per heavy atom. The zero-order valence-corrected chi connectivity index (χ0v) is 11.4. The lowest BCUT2D eigenvalue weighted by atomic mass is 9.94. The summed E-state index contributed by atoms with van der Waals surface area (Å²) >= 11 is 0. The first-order chi connectivity index (χ1) is 8.88. The molecule has 0 bridgehead atoms. The maximum absolute atomic E-state index is 11.8. The van der Waals surface area contributed by atoms with Gasteiger partial charge in [-0.1, -0.05) is 6.92 Å². The molecule has 3 N–H and O–H groups in total. The van der Waals surface area contributed by atoms with Gasteiger partial charge in [-0.15, -0.1) is 0 Å². The highest BCUT2D eigenvalue weighted by atomic mass is 16.5. The van der Waals surface area contributed by atoms with Crippen LogP contribution in [0, 0.1) is 0 Å². The van der Waals surface area contributed by atoms with Crippen LogP contribution in [0.4, 0.5) is 4.79 Å². The minimum atomic E-state index is -1.06. The summed E-state index contributed by atoms with van der Waals surface area (Å²) in [5.74, 6) is -1.06. The van der Waals surface area contributed by atoms with Gasteiger partial charge in [-0.2, -0.15) is 0 Å². The van der Waals surface area contributed by atoms with Crippen molar-refractivity contribution in [2.24, 2.45) is 0 Å². The number of likely N-dealkylation sites (N-methyl/N-ethyl adjacent to an activating group) is 1. The number of amides is 2. The fourth-order valence-corrected chi connectivity index (χ4v) is 2.02. The molecule has 0 aliphatic carbocycles. The Kier molecular flexibility index (Phi) is 5.56. The lowest BCUT2D eigenvalue weighted by Gasteiger charge is -2.35. The van der Waals surface area contributed by atoms with Gasteiger partial charge in [0, 0.05) is 33.1 Å². The Balaban J connectivity index is 2.50. The normalized spacial score (nSPS) is 19.5. The van der Waals surface area contributed by atoms with E-state index in [0.29, 0.717) is 32.5 Å². The van der Waals surface area contributed by atoms with E-state index in [1.165, 1.54) is 11.9 Å². The number of carboxylic acid groups (broad SMARTS) is 1. The van der Waals surface area contributed by atoms with Crippen LogP contribution in [-0.4, -0.2) is 65.6 Å². The Morgan fingerprint density at radius 2 is 2.00 bits per heavy atom. The molecular formula is C12H22N2O5. The topological polar surface area (TPSA) is 99.1 Å². The predicted octanol–water partition coefficient (Wildman–Crippen LogP) is 0.0325. The van der Waals surface area contributed by atoms with E-state index in [0.717, 1.165) is 0 Å². The van der Waals surface area contributed by atoms with E-state index in [1.54, 1.807) is 6.92 Å². The van der Waals surface area contributed by atoms with Gasteiger partial charge in [0.05, 0.1) is 12.1 Å². The zero-order chi connectivity index (χ0) is 14.5. The molecule has 7 nitrogen and oxygen atoms in total. The molecular weight excluding hydrogens is 252 g/mol. The van der Waals surface area contributed by atoms with E-state index in [1.807, 2.05) is 0 Å². The molecule has 0 aromatic carbocycles. The van der Waals surface area contributed by atoms with Crippen molar-refractivity contribution in [2.45, 2.75) is 37.8 Å². The SMILES string of the molecule is CCC(NC(=O)N(C)CC1(O)CCOCC1)C(=O)O. The second-order valence-corrected chi connectivity index (χ2v) is 4.94. The van der Waals surface area contributed by atoms with Crippen LogP contribution in [0.15, 0.2) is 0 Å². The predicted molar refractivity (Wildman–Crippen MR) is 67.9 cm³/mol. The molecule has 0 spiro atoms. The van der Waals surface area contributed by atoms with Crippen LogP contribution in [-0.2, 0) is 9.53 Å². The van der Waals surface area contributed by atoms with Crippen molar-refractivity contribution in [3.05, 3.63) is 0 Å². The molecule has 0 radical (unpaired) electrons. The first-order valence-electron chi connectivity index (χ1n) is 6.42. The van der Waals surface area contributed by atoms with Crippen molar-refractivity contribution < 1.29 is 24.5 Å². The number of urea groups is 1. The van der Waals surface area contributed by atoms with Crippen LogP contribution < -0.4 is 5.32 Å². The largest absolute Gasteiger partial charge is 0.480 e. The van der Waals surface area contributed by atoms with Gasteiger partial charge >= 0.3 is 12.0 Å². The highest BCUT2D eigenvalue weighted by Gasteiger charge is 2.33. The number of carbonyl (C=O) groups excluding carboxylic acids is 1. The average Bonchev–Trinajstić information content (AvgIpc) is 2.35. The third-order valence-corrected chi connectivity index (χ3v) is 3.31. The van der Waals surface area contributed by atoms with Gasteiger partial charge in [-0.3, -0.25) is 0 Å². The second kappa shape index (κ2) is 6.72. The highest BCUT2D eigenvalue weighted by molar-refractivity contribution is 5.82. The number of carbonyl (C=O) groups is 2. The van der Waals surface area contributed by atoms with Gasteiger partial charge in [0.2, 0.25) is 0 Å². The number of hydrogen-bond donors (Lipinski definition) is 3. The van der Waals surface area contributed by atoms with Crippen molar-refractivity contribution in [1.82, 2.24) is 10.2 Å². The summed E-state index contributed by atoms with van der Waals surface area (Å²) in [6, 6.07) is -1.39. The first-order valence-corrected chi connectivity index (χ1v) is 6.42. The van der Waals surface area contributed by atoms with Gasteiger partial charge in [-0.05, 0) is 6.42 Å². The average molecular weight is 274 g/mol. The number of ether oxygens (including phenoxy) is 1. The number of nitrogens with zero attached hydrogens (tertiary/aromatic N) is 1. The van der Waals surface area contributed by atoms with Gasteiger partial charge in [0.1, 0.15) is 6.04 Å². The minimum Gasteiger partial charge on any atom is -0.480 e. The van der Waals surface area contributed by atoms with E-state index < -0.39 is 23.6 Å². The summed E-state index contributed by atoms with van der Waals surface area (Å²) in [7, 11) is 1.54. The number of hydrogen-bond acceptors (Lipinski definition) is 4. The summed E-state index contributed by atoms with van der Waals surface area (Å²) in [5.41, 5.74) is -0.949. The number of rotatable bonds is 5. The van der Waals surface area contributed by atoms with Crippen LogP contribution in [0.1, 0.15) is 26.2 Å². The van der Waals surface area contributed by atoms with E-state index in [9.17, 15) is 14.7 Å². The fourth-order valence-electron chi connectivity index (χ4n) is 2.02. The molecule has 0 saturated carbocycles. The standard InChI is InChI=1S/C12H22N2O5/c1-3-9(10(15)16)13-11(17)14(2)8-12(18)4-6-19-7-5-12/h9,18H,3-8H2,1-2H3,(H,13,17)(H,15,16). The molecule has 1 saturated heterocycles. The molecule has 0 aromatic heterocycles. The first kappa shape index (κ1) is 15.7. The molecule has 1 aliphatic heterocycles. The van der Waals surface area contributed by atoms with Gasteiger partial charge < -0.3 is 25.2 Å². The van der Waals surface area contributed by atoms with Gasteiger partial charge in [0.25, 0.3) is 0 Å². The third-order valence-electron chi connectivity index (χ3n) is 3.31. The van der Waals surface area contributed by atoms with Crippen molar-refractivity contribution in [3.8, 4) is 0 Å². The van der Waals surface area contributed by atoms with Crippen LogP contribution in [0.3, 0.4) is 0 Å². The molecule has 2 amide bonds. The van der Waals surface area contributed by atoms with Gasteiger partial charge in [-0.25, -0.2) is 9.59 Å². The molecule has 1 fully saturated rings. The van der Waals surface area contributed by atoms with Crippen LogP contribution in [0.25, 0.3) is 0 Å². The Morgan fingerprint density at radius 1 is 1.42 bits per heavy atom. The second-order valence-electron chi connectivity index (χ2n) is 4.94. The lowest BCUT2D eigenvalue weighted by molar-refractivity contribution is -0.139. The monoisotopic (exact) mass is 274 g/mol. The van der Waals surface area contributed by atoms with E-state index in [4.69, 9.17) is 9.84 Å². The summed E-state index contributed by atoms with van der Waals surface area (Å²) in [4.78, 5) is 24.0. The minimum absolute atomic E-state index is 0.165. The van der Waals surface area contributed by atoms with Crippen molar-refractivity contribution in [1.29, 1.82) is 0 Å². The van der Waals surface area contributed by atoms with E-state index in [2.05, 4.69) is 5.32 Å². The summed E-state index contributed by atoms with van der Waals surface area (Å²) in [6.45, 7) is 2.79. The molecule has 110 valence electrons. The summed E-state index contributed by atoms with van der Waals surface area (Å²) < 4.78 is 5.16. The van der Waals surface area contributed by atoms with E-state index >= 15 is 0 Å². The van der Waals surface area contributed by atoms with E-state index in [-0.39, 0.29) is 6.54 Å². The highest BCUT2D eigenvalue weighted by Crippen LogP contribution is 2.21. The fraction of sp³-hybridized carbons (Fsp3) is 0.833. The third kappa shape index (κ3) is 4.68. The number of nitrogens with one attached hydrogen (secondary N) is 1. The smallest absolute Gasteiger partial charge is 0.326 e. The molecule has 1 atom stereocenters. The zero-order valence-electron chi connectivity index (χ0n) is 11.4. The number of aliphatic carboxylic acids is 1. The molecule has 1 unspecified atom stereocenters. The van der Waals surface area contributed by atoms with Crippen LogP contribution in [0.2, 0.25) is 0 Å². The van der Waals surface area contributed by atoms with Gasteiger partial charge in [0.15, 0.2) is 0 Å². The Hall–Kier alpha value is -1.34. The maximum atomic E-state index is 11.8. The lowest BCUT2D eigenvalue weighted by Crippen LogP contribution is -2.52. The van der Waals surface area contributed by atoms with Crippen molar-refractivity contribution >= 4 is 12.0 Å². The molecule has 1 rings (SSSR count). The maximum Gasteiger partial charge on any atom is 0.326 e. The van der Waals surface area contributed by atoms with Crippen molar-refractivity contribution in [3.63, 3.8) is 0 Å². The number of aliphatic hydroxyl groups is 1. The van der Waals surface area contributed by atoms with Crippen LogP contribution >= 0.6 is 0 Å². The summed E-state index contributed by atoms with van der Waals surface area (Å²) in [5, 5.41) is 21.6. The Bertz CT molecular complexity index is 328. The summed E-state index contributed by atoms with van der Waals surface area (Å²) in [6.07, 6.45) is 1.26. The Labute approximate surface area is 112 Å². The quantitative estimate of drug-likeness (QED) is 0.657. The molecule has 1 aliphatic rings. The molecule has 0 aromatic rings. The molecule has 19 heavy (non-hydrogen) atoms. The number of carboxylic acids is 1. The molecule has 1 heterocycles. The van der Waals surface area contributed by atoms with Crippen molar-refractivity contribution in [2.75, 3.05) is 26.8 Å². The van der Waals surface area contributed by atoms with Crippen LogP contribution in [0.5, 0.6) is 0 Å².